The van der Waals surface area contributed by atoms with Crippen molar-refractivity contribution in [3.8, 4) is 17.2 Å². The van der Waals surface area contributed by atoms with Gasteiger partial charge in [0.15, 0.2) is 17.2 Å². The van der Waals surface area contributed by atoms with E-state index in [1.807, 2.05) is 0 Å². The van der Waals surface area contributed by atoms with Crippen molar-refractivity contribution < 1.29 is 33.3 Å². The summed E-state index contributed by atoms with van der Waals surface area (Å²) in [7, 11) is 0. The van der Waals surface area contributed by atoms with E-state index in [0.29, 0.717) is 29.2 Å². The van der Waals surface area contributed by atoms with Gasteiger partial charge < -0.3 is 18.9 Å². The van der Waals surface area contributed by atoms with Crippen molar-refractivity contribution in [2.45, 2.75) is 20.8 Å². The molecule has 0 aliphatic carbocycles. The van der Waals surface area contributed by atoms with Crippen LogP contribution in [0.5, 0.6) is 17.2 Å². The number of esters is 3. The molecule has 2 aromatic rings. The molecule has 0 N–H and O–H groups in total. The Morgan fingerprint density at radius 1 is 1.03 bits per heavy atom. The molecule has 1 aliphatic heterocycles. The van der Waals surface area contributed by atoms with Crippen LogP contribution in [0.4, 0.5) is 0 Å². The number of hydrogen-bond acceptors (Lipinski definition) is 8. The minimum atomic E-state index is -0.620. The Labute approximate surface area is 172 Å². The Morgan fingerprint density at radius 3 is 2.50 bits per heavy atom. The highest BCUT2D eigenvalue weighted by Gasteiger charge is 2.24. The minimum absolute atomic E-state index is 0.0885. The van der Waals surface area contributed by atoms with Crippen molar-refractivity contribution in [2.24, 2.45) is 4.99 Å². The first kappa shape index (κ1) is 20.8. The average molecular weight is 409 g/mol. The zero-order chi connectivity index (χ0) is 21.7. The topological polar surface area (TPSA) is 100 Å². The van der Waals surface area contributed by atoms with E-state index in [9.17, 15) is 14.4 Å². The number of carbonyl (C=O) groups is 3. The largest absolute Gasteiger partial charge is 0.490 e. The lowest BCUT2D eigenvalue weighted by molar-refractivity contribution is -0.132. The summed E-state index contributed by atoms with van der Waals surface area (Å²) in [6.45, 7) is 4.77. The van der Waals surface area contributed by atoms with Gasteiger partial charge in [-0.1, -0.05) is 12.1 Å². The quantitative estimate of drug-likeness (QED) is 0.410. The summed E-state index contributed by atoms with van der Waals surface area (Å²) in [6, 6.07) is 11.4. The second kappa shape index (κ2) is 9.04. The van der Waals surface area contributed by atoms with Gasteiger partial charge in [-0.2, -0.15) is 0 Å². The van der Waals surface area contributed by atoms with Gasteiger partial charge in [0.05, 0.1) is 6.61 Å². The molecule has 0 unspecified atom stereocenters. The third-order valence-corrected chi connectivity index (χ3v) is 3.79. The van der Waals surface area contributed by atoms with Crippen LogP contribution in [-0.4, -0.2) is 30.4 Å². The predicted octanol–water partition coefficient (Wildman–Crippen LogP) is 3.28. The summed E-state index contributed by atoms with van der Waals surface area (Å²) in [5, 5.41) is 0. The van der Waals surface area contributed by atoms with Crippen molar-refractivity contribution in [1.29, 1.82) is 0 Å². The summed E-state index contributed by atoms with van der Waals surface area (Å²) in [6.07, 6.45) is 1.53. The first-order chi connectivity index (χ1) is 14.4. The molecule has 154 valence electrons. The lowest BCUT2D eigenvalue weighted by Crippen LogP contribution is -2.07. The highest BCUT2D eigenvalue weighted by Crippen LogP contribution is 2.30. The summed E-state index contributed by atoms with van der Waals surface area (Å²) < 4.78 is 20.9. The Kier molecular flexibility index (Phi) is 6.26. The fourth-order valence-corrected chi connectivity index (χ4v) is 2.67. The molecule has 0 amide bonds. The second-order valence-electron chi connectivity index (χ2n) is 6.19. The number of benzene rings is 2. The summed E-state index contributed by atoms with van der Waals surface area (Å²) in [5.41, 5.74) is 1.19. The number of cyclic esters (lactones) is 1. The molecule has 3 rings (SSSR count). The van der Waals surface area contributed by atoms with Crippen LogP contribution in [-0.2, 0) is 19.1 Å². The molecule has 0 radical (unpaired) electrons. The number of rotatable bonds is 6. The van der Waals surface area contributed by atoms with Gasteiger partial charge in [-0.15, -0.1) is 0 Å². The highest BCUT2D eigenvalue weighted by molar-refractivity contribution is 6.13. The molecule has 0 atom stereocenters. The van der Waals surface area contributed by atoms with Crippen LogP contribution in [0.1, 0.15) is 31.9 Å². The van der Waals surface area contributed by atoms with E-state index in [4.69, 9.17) is 18.9 Å². The van der Waals surface area contributed by atoms with Crippen molar-refractivity contribution in [1.82, 2.24) is 0 Å². The van der Waals surface area contributed by atoms with E-state index >= 15 is 0 Å². The Bertz CT molecular complexity index is 1070. The average Bonchev–Trinajstić information content (AvgIpc) is 3.04. The number of carbonyl (C=O) groups excluding carboxylic acids is 3. The molecule has 0 saturated carbocycles. The number of nitrogens with zero attached hydrogens (tertiary/aromatic N) is 1. The molecule has 0 aromatic heterocycles. The minimum Gasteiger partial charge on any atom is -0.490 e. The van der Waals surface area contributed by atoms with Crippen LogP contribution >= 0.6 is 0 Å². The third-order valence-electron chi connectivity index (χ3n) is 3.79. The normalized spacial score (nSPS) is 14.2. The van der Waals surface area contributed by atoms with Crippen molar-refractivity contribution >= 4 is 29.9 Å². The third kappa shape index (κ3) is 5.11. The molecule has 8 heteroatoms. The van der Waals surface area contributed by atoms with Gasteiger partial charge in [0.25, 0.3) is 0 Å². The fourth-order valence-electron chi connectivity index (χ4n) is 2.67. The fraction of sp³-hybridized carbons (Fsp3) is 0.182. The predicted molar refractivity (Wildman–Crippen MR) is 107 cm³/mol. The molecule has 1 aliphatic rings. The van der Waals surface area contributed by atoms with E-state index in [-0.39, 0.29) is 17.3 Å². The lowest BCUT2D eigenvalue weighted by atomic mass is 10.1. The highest BCUT2D eigenvalue weighted by atomic mass is 16.6. The Morgan fingerprint density at radius 2 is 1.80 bits per heavy atom. The van der Waals surface area contributed by atoms with Crippen molar-refractivity contribution in [2.75, 3.05) is 6.61 Å². The summed E-state index contributed by atoms with van der Waals surface area (Å²) in [4.78, 5) is 38.9. The smallest absolute Gasteiger partial charge is 0.363 e. The zero-order valence-corrected chi connectivity index (χ0v) is 16.6. The van der Waals surface area contributed by atoms with Gasteiger partial charge in [-0.05, 0) is 48.9 Å². The molecule has 0 bridgehead atoms. The molecule has 0 saturated heterocycles. The Hall–Kier alpha value is -3.94. The molecule has 1 heterocycles. The van der Waals surface area contributed by atoms with Gasteiger partial charge in [-0.25, -0.2) is 9.79 Å². The van der Waals surface area contributed by atoms with Crippen LogP contribution in [0.2, 0.25) is 0 Å². The van der Waals surface area contributed by atoms with Gasteiger partial charge in [0, 0.05) is 19.4 Å². The number of hydrogen-bond donors (Lipinski definition) is 0. The monoisotopic (exact) mass is 409 g/mol. The van der Waals surface area contributed by atoms with Gasteiger partial charge in [-0.3, -0.25) is 9.59 Å². The molecular weight excluding hydrogens is 390 g/mol. The van der Waals surface area contributed by atoms with E-state index in [2.05, 4.69) is 4.99 Å². The second-order valence-corrected chi connectivity index (χ2v) is 6.19. The van der Waals surface area contributed by atoms with E-state index in [1.165, 1.54) is 19.9 Å². The maximum Gasteiger partial charge on any atom is 0.363 e. The maximum atomic E-state index is 12.3. The lowest BCUT2D eigenvalue weighted by Gasteiger charge is -2.10. The standard InChI is InChI=1S/C22H19NO7/c1-4-27-20-11-15(8-9-19(20)29-14(3)25)10-18-22(26)30-21(23-18)16-6-5-7-17(12-16)28-13(2)24/h5-12H,4H2,1-3H3/b18-10-. The van der Waals surface area contributed by atoms with Crippen LogP contribution in [0.15, 0.2) is 53.2 Å². The van der Waals surface area contributed by atoms with Crippen LogP contribution in [0.25, 0.3) is 6.08 Å². The summed E-state index contributed by atoms with van der Waals surface area (Å²) >= 11 is 0. The summed E-state index contributed by atoms with van der Waals surface area (Å²) in [5.74, 6) is -0.476. The van der Waals surface area contributed by atoms with Gasteiger partial charge in [0.2, 0.25) is 5.90 Å². The molecular formula is C22H19NO7. The zero-order valence-electron chi connectivity index (χ0n) is 16.6. The molecule has 0 spiro atoms. The van der Waals surface area contributed by atoms with Crippen molar-refractivity contribution in [3.05, 3.63) is 59.3 Å². The van der Waals surface area contributed by atoms with Gasteiger partial charge in [0.1, 0.15) is 5.75 Å². The maximum absolute atomic E-state index is 12.3. The number of ether oxygens (including phenoxy) is 4. The molecule has 30 heavy (non-hydrogen) atoms. The van der Waals surface area contributed by atoms with Crippen molar-refractivity contribution in [3.63, 3.8) is 0 Å². The Balaban J connectivity index is 1.89. The number of aliphatic imine (C=N–C) groups is 1. The van der Waals surface area contributed by atoms with Crippen LogP contribution in [0, 0.1) is 0 Å². The molecule has 8 nitrogen and oxygen atoms in total. The molecule has 0 fully saturated rings. The van der Waals surface area contributed by atoms with Gasteiger partial charge >= 0.3 is 17.9 Å². The van der Waals surface area contributed by atoms with E-state index in [0.717, 1.165) is 0 Å². The van der Waals surface area contributed by atoms with Crippen LogP contribution in [0.3, 0.4) is 0 Å². The van der Waals surface area contributed by atoms with E-state index < -0.39 is 17.9 Å². The molecule has 2 aromatic carbocycles. The van der Waals surface area contributed by atoms with Crippen LogP contribution < -0.4 is 14.2 Å². The van der Waals surface area contributed by atoms with E-state index in [1.54, 1.807) is 49.4 Å². The first-order valence-electron chi connectivity index (χ1n) is 9.12. The SMILES string of the molecule is CCOc1cc(/C=C2\N=C(c3cccc(OC(C)=O)c3)OC2=O)ccc1OC(C)=O. The first-order valence-corrected chi connectivity index (χ1v) is 9.12.